The van der Waals surface area contributed by atoms with Crippen LogP contribution in [0.1, 0.15) is 0 Å². The summed E-state index contributed by atoms with van der Waals surface area (Å²) in [7, 11) is 0. The molecule has 0 atom stereocenters. The summed E-state index contributed by atoms with van der Waals surface area (Å²) in [6.07, 6.45) is 5.45. The summed E-state index contributed by atoms with van der Waals surface area (Å²) in [6.45, 7) is 1.81. The summed E-state index contributed by atoms with van der Waals surface area (Å²) in [5.74, 6) is 0. The largest absolute Gasteiger partial charge is 0.272 e. The first-order valence-electron chi connectivity index (χ1n) is 3.23. The quantitative estimate of drug-likeness (QED) is 0.538. The minimum atomic E-state index is 0.875. The molecule has 0 aliphatic carbocycles. The van der Waals surface area contributed by atoms with Crippen LogP contribution in [0, 0.1) is 0 Å². The van der Waals surface area contributed by atoms with E-state index in [1.54, 1.807) is 17.3 Å². The first kappa shape index (κ1) is 5.46. The van der Waals surface area contributed by atoms with E-state index in [2.05, 4.69) is 10.1 Å². The van der Waals surface area contributed by atoms with E-state index in [1.807, 2.05) is 17.3 Å². The molecule has 0 saturated carbocycles. The lowest BCUT2D eigenvalue weighted by Gasteiger charge is -2.11. The molecule has 2 rings (SSSR count). The number of rotatable bonds is 1. The Labute approximate surface area is 58.8 Å². The fourth-order valence-corrected chi connectivity index (χ4v) is 0.938. The molecule has 1 aromatic rings. The molecule has 0 fully saturated rings. The van der Waals surface area contributed by atoms with Gasteiger partial charge in [0.15, 0.2) is 0 Å². The lowest BCUT2D eigenvalue weighted by atomic mass is 10.7. The van der Waals surface area contributed by atoms with Crippen molar-refractivity contribution in [3.05, 3.63) is 18.5 Å². The van der Waals surface area contributed by atoms with Gasteiger partial charge in [-0.05, 0) is 6.07 Å². The number of nitrogens with zero attached hydrogens (tertiary/aromatic N) is 4. The molecule has 1 aliphatic rings. The molecule has 4 heteroatoms. The molecule has 0 radical (unpaired) electrons. The Morgan fingerprint density at radius 1 is 1.40 bits per heavy atom. The highest BCUT2D eigenvalue weighted by Gasteiger charge is 2.05. The van der Waals surface area contributed by atoms with Gasteiger partial charge in [-0.15, -0.1) is 0 Å². The summed E-state index contributed by atoms with van der Waals surface area (Å²) in [5.41, 5.74) is 0. The molecule has 0 spiro atoms. The Morgan fingerprint density at radius 2 is 2.40 bits per heavy atom. The Hall–Kier alpha value is -1.32. The van der Waals surface area contributed by atoms with Gasteiger partial charge in [0.1, 0.15) is 6.34 Å². The highest BCUT2D eigenvalue weighted by molar-refractivity contribution is 5.68. The highest BCUT2D eigenvalue weighted by atomic mass is 15.7. The summed E-state index contributed by atoms with van der Waals surface area (Å²) in [6, 6.07) is 1.90. The predicted molar refractivity (Wildman–Crippen MR) is 38.7 cm³/mol. The first-order valence-corrected chi connectivity index (χ1v) is 3.23. The molecule has 0 aromatic carbocycles. The van der Waals surface area contributed by atoms with Crippen molar-refractivity contribution in [1.29, 1.82) is 0 Å². The van der Waals surface area contributed by atoms with Crippen LogP contribution in [0.2, 0.25) is 0 Å². The van der Waals surface area contributed by atoms with Gasteiger partial charge in [0.25, 0.3) is 0 Å². The molecule has 0 unspecified atom stereocenters. The Bertz CT molecular complexity index is 226. The maximum absolute atomic E-state index is 4.06. The van der Waals surface area contributed by atoms with E-state index in [-0.39, 0.29) is 0 Å². The summed E-state index contributed by atoms with van der Waals surface area (Å²) < 4.78 is 0. The van der Waals surface area contributed by atoms with E-state index < -0.39 is 0 Å². The topological polar surface area (TPSA) is 33.4 Å². The second-order valence-corrected chi connectivity index (χ2v) is 2.11. The molecule has 0 amide bonds. The van der Waals surface area contributed by atoms with Gasteiger partial charge < -0.3 is 0 Å². The van der Waals surface area contributed by atoms with Gasteiger partial charge in [0.2, 0.25) is 0 Å². The normalized spacial score (nSPS) is 16.6. The molecule has 2 heterocycles. The molecule has 10 heavy (non-hydrogen) atoms. The fourth-order valence-electron chi connectivity index (χ4n) is 0.938. The van der Waals surface area contributed by atoms with Crippen molar-refractivity contribution in [1.82, 2.24) is 9.89 Å². The highest BCUT2D eigenvalue weighted by Crippen LogP contribution is 1.91. The number of hydrogen-bond acceptors (Lipinski definition) is 3. The van der Waals surface area contributed by atoms with Crippen LogP contribution in [0.5, 0.6) is 0 Å². The van der Waals surface area contributed by atoms with Crippen molar-refractivity contribution < 1.29 is 0 Å². The Kier molecular flexibility index (Phi) is 1.16. The van der Waals surface area contributed by atoms with Crippen molar-refractivity contribution in [2.24, 2.45) is 4.99 Å². The minimum Gasteiger partial charge on any atom is -0.272 e. The van der Waals surface area contributed by atoms with E-state index >= 15 is 0 Å². The third-order valence-electron chi connectivity index (χ3n) is 1.43. The van der Waals surface area contributed by atoms with Crippen molar-refractivity contribution in [2.45, 2.75) is 0 Å². The van der Waals surface area contributed by atoms with Gasteiger partial charge in [-0.1, -0.05) is 0 Å². The van der Waals surface area contributed by atoms with Crippen LogP contribution in [-0.2, 0) is 0 Å². The molecule has 0 bridgehead atoms. The second-order valence-electron chi connectivity index (χ2n) is 2.11. The van der Waals surface area contributed by atoms with Gasteiger partial charge in [0.05, 0.1) is 19.3 Å². The zero-order chi connectivity index (χ0) is 6.81. The van der Waals surface area contributed by atoms with Crippen LogP contribution < -0.4 is 5.01 Å². The van der Waals surface area contributed by atoms with Crippen LogP contribution in [-0.4, -0.2) is 29.3 Å². The van der Waals surface area contributed by atoms with Crippen LogP contribution in [0.3, 0.4) is 0 Å². The molecular formula is C6H8N4. The van der Waals surface area contributed by atoms with E-state index in [0.717, 1.165) is 13.1 Å². The Morgan fingerprint density at radius 3 is 3.00 bits per heavy atom. The molecule has 1 aliphatic heterocycles. The van der Waals surface area contributed by atoms with Gasteiger partial charge in [-0.25, -0.2) is 0 Å². The van der Waals surface area contributed by atoms with Gasteiger partial charge in [-0.2, -0.15) is 9.89 Å². The zero-order valence-electron chi connectivity index (χ0n) is 5.51. The van der Waals surface area contributed by atoms with E-state index in [1.165, 1.54) is 0 Å². The van der Waals surface area contributed by atoms with Crippen molar-refractivity contribution in [2.75, 3.05) is 18.1 Å². The predicted octanol–water partition coefficient (Wildman–Crippen LogP) is -0.137. The van der Waals surface area contributed by atoms with Gasteiger partial charge >= 0.3 is 0 Å². The van der Waals surface area contributed by atoms with Crippen molar-refractivity contribution >= 4 is 6.34 Å². The van der Waals surface area contributed by atoms with E-state index in [0.29, 0.717) is 0 Å². The molecular weight excluding hydrogens is 128 g/mol. The summed E-state index contributed by atoms with van der Waals surface area (Å²) in [5, 5.41) is 6.01. The van der Waals surface area contributed by atoms with Crippen molar-refractivity contribution in [3.63, 3.8) is 0 Å². The van der Waals surface area contributed by atoms with E-state index in [9.17, 15) is 0 Å². The van der Waals surface area contributed by atoms with Crippen LogP contribution in [0.4, 0.5) is 0 Å². The second kappa shape index (κ2) is 2.13. The minimum absolute atomic E-state index is 0.875. The van der Waals surface area contributed by atoms with Crippen LogP contribution in [0.25, 0.3) is 0 Å². The first-order chi connectivity index (χ1) is 4.97. The lowest BCUT2D eigenvalue weighted by Crippen LogP contribution is -2.31. The lowest BCUT2D eigenvalue weighted by molar-refractivity contribution is 0.662. The molecule has 52 valence electrons. The summed E-state index contributed by atoms with van der Waals surface area (Å²) in [4.78, 5) is 5.84. The maximum Gasteiger partial charge on any atom is 0.106 e. The third-order valence-corrected chi connectivity index (χ3v) is 1.43. The SMILES string of the molecule is C1=NCCN1n1cccn1. The Balaban J connectivity index is 2.20. The van der Waals surface area contributed by atoms with Gasteiger partial charge in [-0.3, -0.25) is 10.0 Å². The molecule has 0 saturated heterocycles. The fraction of sp³-hybridized carbons (Fsp3) is 0.333. The zero-order valence-corrected chi connectivity index (χ0v) is 5.51. The average Bonchev–Trinajstić information content (AvgIpc) is 2.59. The molecule has 1 aromatic heterocycles. The number of aromatic nitrogens is 2. The summed E-state index contributed by atoms with van der Waals surface area (Å²) >= 11 is 0. The smallest absolute Gasteiger partial charge is 0.106 e. The van der Waals surface area contributed by atoms with Crippen LogP contribution in [0.15, 0.2) is 23.5 Å². The van der Waals surface area contributed by atoms with Gasteiger partial charge in [0, 0.05) is 6.20 Å². The van der Waals surface area contributed by atoms with Crippen LogP contribution >= 0.6 is 0 Å². The van der Waals surface area contributed by atoms with E-state index in [4.69, 9.17) is 0 Å². The average molecular weight is 136 g/mol. The van der Waals surface area contributed by atoms with Crippen molar-refractivity contribution in [3.8, 4) is 0 Å². The standard InChI is InChI=1S/C6H8N4/c1-2-8-10(4-1)9-5-3-7-6-9/h1-2,4,6H,3,5H2. The third kappa shape index (κ3) is 0.775. The molecule has 0 N–H and O–H groups in total. The number of hydrogen-bond donors (Lipinski definition) is 0. The maximum atomic E-state index is 4.06. The number of aliphatic imine (C=N–C) groups is 1. The monoisotopic (exact) mass is 136 g/mol. The molecule has 4 nitrogen and oxygen atoms in total.